The van der Waals surface area contributed by atoms with Crippen LogP contribution in [0.3, 0.4) is 0 Å². The molecular weight excluding hydrogens is 726 g/mol. The molecule has 0 aliphatic carbocycles. The van der Waals surface area contributed by atoms with Crippen LogP contribution in [0, 0.1) is 23.7 Å². The normalized spacial score (nSPS) is 10.5. The molecule has 0 bridgehead atoms. The van der Waals surface area contributed by atoms with Crippen molar-refractivity contribution in [3.63, 3.8) is 0 Å². The molecule has 0 amide bonds. The van der Waals surface area contributed by atoms with Crippen LogP contribution in [0.1, 0.15) is 0 Å². The van der Waals surface area contributed by atoms with E-state index in [9.17, 15) is 4.39 Å². The maximum atomic E-state index is 13.4. The second-order valence-corrected chi connectivity index (χ2v) is 7.28. The van der Waals surface area contributed by atoms with E-state index in [2.05, 4.69) is 67.8 Å². The van der Waals surface area contributed by atoms with Crippen molar-refractivity contribution in [2.45, 2.75) is 0 Å². The molecule has 0 saturated heterocycles. The van der Waals surface area contributed by atoms with Crippen molar-refractivity contribution in [3.8, 4) is 0 Å². The fourth-order valence-corrected chi connectivity index (χ4v) is 5.27. The van der Waals surface area contributed by atoms with Crippen molar-refractivity contribution < 1.29 is 4.39 Å². The molecule has 0 nitrogen and oxygen atoms in total. The molecule has 1 aromatic carbocycles. The first-order chi connectivity index (χ1) is 5.46. The van der Waals surface area contributed by atoms with Crippen LogP contribution in [-0.4, -0.2) is 0 Å². The second-order valence-electron chi connectivity index (χ2n) is 1.88. The van der Waals surface area contributed by atoms with Gasteiger partial charge in [-0.3, -0.25) is 0 Å². The van der Waals surface area contributed by atoms with Gasteiger partial charge in [-0.15, -0.1) is 0 Å². The largest absolute Gasteiger partial charge is 0.205 e. The average Bonchev–Trinajstić information content (AvgIpc) is 2.08. The molecule has 0 heterocycles. The maximum absolute atomic E-state index is 13.4. The van der Waals surface area contributed by atoms with E-state index >= 15 is 0 Å². The zero-order valence-corrected chi connectivity index (χ0v) is 16.1. The van der Waals surface area contributed by atoms with Gasteiger partial charge in [0.1, 0.15) is 0 Å². The Labute approximate surface area is 138 Å². The van der Waals surface area contributed by atoms with Gasteiger partial charge in [0.05, 0.1) is 7.14 Å². The number of benzene rings is 1. The van der Waals surface area contributed by atoms with Gasteiger partial charge in [-0.2, -0.15) is 0 Å². The third-order valence-corrected chi connectivity index (χ3v) is 10.5. The lowest BCUT2D eigenvalue weighted by Crippen LogP contribution is -1.99. The molecule has 0 aliphatic heterocycles. The van der Waals surface area contributed by atoms with Crippen LogP contribution in [-0.2, 0) is 0 Å². The first-order valence-electron chi connectivity index (χ1n) is 2.63. The maximum Gasteiger partial charge on any atom is 0.152 e. The molecule has 12 heavy (non-hydrogen) atoms. The Morgan fingerprint density at radius 3 is 1.17 bits per heavy atom. The summed E-state index contributed by atoms with van der Waals surface area (Å²) in [5.41, 5.74) is 0. The second kappa shape index (κ2) is 5.23. The minimum absolute atomic E-state index is 0.0922. The summed E-state index contributed by atoms with van der Waals surface area (Å²) in [6, 6.07) is 0. The first-order valence-corrected chi connectivity index (χ1v) is 8.03. The molecule has 1 rings (SSSR count). The molecule has 0 spiro atoms. The number of hydrogen-bond donors (Lipinski definition) is 0. The van der Waals surface area contributed by atoms with Gasteiger partial charge in [-0.1, -0.05) is 0 Å². The summed E-state index contributed by atoms with van der Waals surface area (Å²) in [5, 5.41) is 0. The van der Waals surface area contributed by atoms with Crippen LogP contribution < -0.4 is 0 Å². The third-order valence-electron chi connectivity index (χ3n) is 1.16. The summed E-state index contributed by atoms with van der Waals surface area (Å²) >= 11 is 10.7. The molecule has 0 unspecified atom stereocenters. The lowest BCUT2D eigenvalue weighted by molar-refractivity contribution is 0.609. The molecule has 0 fully saturated rings. The molecule has 0 aliphatic rings. The molecule has 0 aromatic heterocycles. The average molecular weight is 726 g/mol. The Hall–Kier alpha value is 2.80. The molecule has 0 radical (unpaired) electrons. The Morgan fingerprint density at radius 1 is 0.583 bits per heavy atom. The van der Waals surface area contributed by atoms with Gasteiger partial charge < -0.3 is 0 Å². The van der Waals surface area contributed by atoms with Crippen molar-refractivity contribution >= 4 is 113 Å². The van der Waals surface area contributed by atoms with E-state index < -0.39 is 0 Å². The van der Waals surface area contributed by atoms with E-state index in [0.717, 1.165) is 17.9 Å². The molecular formula is C6FI5. The standard InChI is InChI=1S/C6FI5/c7-1-2(8)4(10)6(12)5(11)3(1)9. The van der Waals surface area contributed by atoms with Crippen LogP contribution >= 0.6 is 113 Å². The summed E-state index contributed by atoms with van der Waals surface area (Å²) in [6.07, 6.45) is 0. The van der Waals surface area contributed by atoms with E-state index in [1.807, 2.05) is 45.2 Å². The van der Waals surface area contributed by atoms with Gasteiger partial charge in [-0.05, 0) is 113 Å². The van der Waals surface area contributed by atoms with E-state index in [1.54, 1.807) is 0 Å². The Kier molecular flexibility index (Phi) is 5.60. The minimum Gasteiger partial charge on any atom is -0.205 e. The highest BCUT2D eigenvalue weighted by Gasteiger charge is 2.16. The van der Waals surface area contributed by atoms with E-state index in [-0.39, 0.29) is 5.82 Å². The first kappa shape index (κ1) is 12.9. The zero-order chi connectivity index (χ0) is 9.46. The van der Waals surface area contributed by atoms with Crippen molar-refractivity contribution in [2.75, 3.05) is 0 Å². The molecule has 66 valence electrons. The molecule has 1 aromatic rings. The van der Waals surface area contributed by atoms with Crippen LogP contribution in [0.25, 0.3) is 0 Å². The summed E-state index contributed by atoms with van der Waals surface area (Å²) in [5.74, 6) is -0.0922. The molecule has 0 atom stereocenters. The number of hydrogen-bond acceptors (Lipinski definition) is 0. The molecule has 0 N–H and O–H groups in total. The van der Waals surface area contributed by atoms with Crippen LogP contribution in [0.2, 0.25) is 0 Å². The van der Waals surface area contributed by atoms with Gasteiger partial charge in [0.2, 0.25) is 0 Å². The topological polar surface area (TPSA) is 0 Å². The van der Waals surface area contributed by atoms with Crippen LogP contribution in [0.4, 0.5) is 4.39 Å². The Morgan fingerprint density at radius 2 is 0.833 bits per heavy atom. The third kappa shape index (κ3) is 2.48. The summed E-state index contributed by atoms with van der Waals surface area (Å²) < 4.78 is 18.0. The lowest BCUT2D eigenvalue weighted by Gasteiger charge is -2.06. The van der Waals surface area contributed by atoms with Crippen molar-refractivity contribution in [1.29, 1.82) is 0 Å². The van der Waals surface area contributed by atoms with Gasteiger partial charge >= 0.3 is 0 Å². The van der Waals surface area contributed by atoms with Crippen LogP contribution in [0.5, 0.6) is 0 Å². The smallest absolute Gasteiger partial charge is 0.152 e. The van der Waals surface area contributed by atoms with E-state index in [1.165, 1.54) is 0 Å². The number of rotatable bonds is 0. The monoisotopic (exact) mass is 726 g/mol. The minimum atomic E-state index is -0.0922. The number of halogens is 6. The highest BCUT2D eigenvalue weighted by atomic mass is 127. The van der Waals surface area contributed by atoms with Crippen molar-refractivity contribution in [1.82, 2.24) is 0 Å². The summed E-state index contributed by atoms with van der Waals surface area (Å²) in [7, 11) is 0. The van der Waals surface area contributed by atoms with Gasteiger partial charge in [0.15, 0.2) is 5.82 Å². The van der Waals surface area contributed by atoms with Gasteiger partial charge in [0.25, 0.3) is 0 Å². The van der Waals surface area contributed by atoms with Gasteiger partial charge in [0, 0.05) is 10.7 Å². The van der Waals surface area contributed by atoms with E-state index in [0.29, 0.717) is 0 Å². The Bertz CT molecular complexity index is 230. The predicted molar refractivity (Wildman–Crippen MR) is 90.0 cm³/mol. The fourth-order valence-electron chi connectivity index (χ4n) is 0.578. The highest BCUT2D eigenvalue weighted by molar-refractivity contribution is 14.1. The lowest BCUT2D eigenvalue weighted by atomic mass is 10.4. The zero-order valence-electron chi connectivity index (χ0n) is 5.27. The van der Waals surface area contributed by atoms with E-state index in [4.69, 9.17) is 0 Å². The molecule has 6 heteroatoms. The Balaban J connectivity index is 3.60. The highest BCUT2D eigenvalue weighted by Crippen LogP contribution is 2.32. The summed E-state index contributed by atoms with van der Waals surface area (Å²) in [6.45, 7) is 0. The SMILES string of the molecule is Fc1c(I)c(I)c(I)c(I)c1I. The fraction of sp³-hybridized carbons (Fsp3) is 0. The van der Waals surface area contributed by atoms with Crippen molar-refractivity contribution in [3.05, 3.63) is 23.7 Å². The predicted octanol–water partition coefficient (Wildman–Crippen LogP) is 4.85. The van der Waals surface area contributed by atoms with Gasteiger partial charge in [-0.25, -0.2) is 4.39 Å². The summed E-state index contributed by atoms with van der Waals surface area (Å²) in [4.78, 5) is 0. The quantitative estimate of drug-likeness (QED) is 0.204. The molecule has 0 saturated carbocycles. The van der Waals surface area contributed by atoms with Crippen LogP contribution in [0.15, 0.2) is 0 Å². The van der Waals surface area contributed by atoms with Crippen molar-refractivity contribution in [2.24, 2.45) is 0 Å².